The Bertz CT molecular complexity index is 663. The molecule has 1 aromatic rings. The van der Waals surface area contributed by atoms with E-state index in [2.05, 4.69) is 34.6 Å². The molecule has 0 aliphatic heterocycles. The van der Waals surface area contributed by atoms with Crippen molar-refractivity contribution < 1.29 is 19.1 Å². The molecule has 4 heteroatoms. The van der Waals surface area contributed by atoms with Crippen LogP contribution in [0, 0.1) is 11.8 Å². The molecule has 0 aliphatic rings. The average molecular weight is 447 g/mol. The Morgan fingerprint density at radius 3 is 1.84 bits per heavy atom. The van der Waals surface area contributed by atoms with E-state index in [1.807, 2.05) is 12.1 Å². The molecule has 0 unspecified atom stereocenters. The Labute approximate surface area is 196 Å². The third-order valence-corrected chi connectivity index (χ3v) is 5.65. The van der Waals surface area contributed by atoms with Crippen molar-refractivity contribution in [1.29, 1.82) is 0 Å². The summed E-state index contributed by atoms with van der Waals surface area (Å²) < 4.78 is 11.4. The second-order valence-electron chi connectivity index (χ2n) is 9.78. The Morgan fingerprint density at radius 1 is 0.750 bits per heavy atom. The summed E-state index contributed by atoms with van der Waals surface area (Å²) in [7, 11) is 0. The third kappa shape index (κ3) is 12.9. The van der Waals surface area contributed by atoms with E-state index in [1.54, 1.807) is 6.07 Å². The van der Waals surface area contributed by atoms with E-state index in [1.165, 1.54) is 38.5 Å². The molecule has 182 valence electrons. The Kier molecular flexibility index (Phi) is 14.8. The van der Waals surface area contributed by atoms with Gasteiger partial charge in [-0.15, -0.1) is 0 Å². The van der Waals surface area contributed by atoms with Gasteiger partial charge in [0.05, 0.1) is 0 Å². The number of benzene rings is 1. The van der Waals surface area contributed by atoms with Gasteiger partial charge in [0, 0.05) is 12.8 Å². The smallest absolute Gasteiger partial charge is 0.311 e. The number of hydrogen-bond acceptors (Lipinski definition) is 4. The van der Waals surface area contributed by atoms with Crippen molar-refractivity contribution in [3.8, 4) is 11.5 Å². The summed E-state index contributed by atoms with van der Waals surface area (Å²) in [5.74, 6) is 1.13. The van der Waals surface area contributed by atoms with E-state index >= 15 is 0 Å². The van der Waals surface area contributed by atoms with Gasteiger partial charge in [0.15, 0.2) is 11.5 Å². The molecule has 0 heterocycles. The van der Waals surface area contributed by atoms with Crippen molar-refractivity contribution in [3.63, 3.8) is 0 Å². The van der Waals surface area contributed by atoms with Gasteiger partial charge in [-0.3, -0.25) is 9.59 Å². The molecule has 1 rings (SSSR count). The number of ether oxygens (including phenoxy) is 2. The first-order valence-electron chi connectivity index (χ1n) is 12.9. The van der Waals surface area contributed by atoms with Gasteiger partial charge in [-0.2, -0.15) is 0 Å². The highest BCUT2D eigenvalue weighted by molar-refractivity contribution is 5.76. The SMILES string of the molecule is CCCCCCCCCCc1cccc(OC(=O)CCC(C)C)c1OC(=O)CCC(C)C. The van der Waals surface area contributed by atoms with Crippen LogP contribution in [-0.4, -0.2) is 11.9 Å². The first kappa shape index (κ1) is 28.2. The highest BCUT2D eigenvalue weighted by atomic mass is 16.6. The summed E-state index contributed by atoms with van der Waals surface area (Å²) in [6, 6.07) is 5.60. The third-order valence-electron chi connectivity index (χ3n) is 5.65. The molecule has 0 aromatic heterocycles. The molecule has 0 atom stereocenters. The van der Waals surface area contributed by atoms with Gasteiger partial charge in [0.25, 0.3) is 0 Å². The number of esters is 2. The molecule has 0 saturated carbocycles. The predicted octanol–water partition coefficient (Wildman–Crippen LogP) is 8.05. The van der Waals surface area contributed by atoms with Gasteiger partial charge in [0.2, 0.25) is 0 Å². The fourth-order valence-corrected chi connectivity index (χ4v) is 3.56. The van der Waals surface area contributed by atoms with Gasteiger partial charge in [-0.05, 0) is 49.1 Å². The molecule has 1 aromatic carbocycles. The van der Waals surface area contributed by atoms with Crippen molar-refractivity contribution >= 4 is 11.9 Å². The second kappa shape index (κ2) is 16.7. The molecule has 0 spiro atoms. The first-order chi connectivity index (χ1) is 15.3. The van der Waals surface area contributed by atoms with Crippen LogP contribution in [0.15, 0.2) is 18.2 Å². The number of carbonyl (C=O) groups is 2. The highest BCUT2D eigenvalue weighted by Crippen LogP contribution is 2.33. The van der Waals surface area contributed by atoms with E-state index < -0.39 is 0 Å². The summed E-state index contributed by atoms with van der Waals surface area (Å²) in [6.07, 6.45) is 13.1. The topological polar surface area (TPSA) is 52.6 Å². The average Bonchev–Trinajstić information content (AvgIpc) is 2.74. The van der Waals surface area contributed by atoms with E-state index in [0.717, 1.165) is 37.7 Å². The van der Waals surface area contributed by atoms with Crippen LogP contribution in [0.1, 0.15) is 117 Å². The number of rotatable bonds is 17. The Hall–Kier alpha value is -1.84. The zero-order valence-electron chi connectivity index (χ0n) is 21.2. The van der Waals surface area contributed by atoms with Crippen molar-refractivity contribution in [1.82, 2.24) is 0 Å². The predicted molar refractivity (Wildman–Crippen MR) is 132 cm³/mol. The van der Waals surface area contributed by atoms with Crippen LogP contribution < -0.4 is 9.47 Å². The molecule has 0 N–H and O–H groups in total. The molecule has 32 heavy (non-hydrogen) atoms. The Morgan fingerprint density at radius 2 is 1.28 bits per heavy atom. The van der Waals surface area contributed by atoms with Crippen LogP contribution in [0.4, 0.5) is 0 Å². The maximum Gasteiger partial charge on any atom is 0.311 e. The summed E-state index contributed by atoms with van der Waals surface area (Å²) in [5.41, 5.74) is 0.947. The molecule has 0 bridgehead atoms. The lowest BCUT2D eigenvalue weighted by Crippen LogP contribution is -2.14. The quantitative estimate of drug-likeness (QED) is 0.138. The summed E-state index contributed by atoms with van der Waals surface area (Å²) in [5, 5.41) is 0. The number of aryl methyl sites for hydroxylation is 1. The fraction of sp³-hybridized carbons (Fsp3) is 0.714. The number of unbranched alkanes of at least 4 members (excludes halogenated alkanes) is 7. The van der Waals surface area contributed by atoms with E-state index in [0.29, 0.717) is 36.2 Å². The van der Waals surface area contributed by atoms with Crippen LogP contribution in [0.2, 0.25) is 0 Å². The van der Waals surface area contributed by atoms with Crippen molar-refractivity contribution in [2.45, 2.75) is 118 Å². The number of hydrogen-bond donors (Lipinski definition) is 0. The fourth-order valence-electron chi connectivity index (χ4n) is 3.56. The number of carbonyl (C=O) groups excluding carboxylic acids is 2. The van der Waals surface area contributed by atoms with Crippen LogP contribution >= 0.6 is 0 Å². The van der Waals surface area contributed by atoms with Gasteiger partial charge in [-0.1, -0.05) is 91.7 Å². The number of para-hydroxylation sites is 1. The molecule has 4 nitrogen and oxygen atoms in total. The lowest BCUT2D eigenvalue weighted by molar-refractivity contribution is -0.137. The zero-order chi connectivity index (χ0) is 23.8. The van der Waals surface area contributed by atoms with Crippen LogP contribution in [0.25, 0.3) is 0 Å². The maximum absolute atomic E-state index is 12.5. The first-order valence-corrected chi connectivity index (χ1v) is 12.9. The highest BCUT2D eigenvalue weighted by Gasteiger charge is 2.18. The summed E-state index contributed by atoms with van der Waals surface area (Å²) >= 11 is 0. The lowest BCUT2D eigenvalue weighted by Gasteiger charge is -2.15. The minimum atomic E-state index is -0.276. The Balaban J connectivity index is 2.76. The standard InChI is InChI=1S/C28H46O4/c1-6-7-8-9-10-11-12-13-15-24-16-14-17-25(31-26(29)20-18-22(2)3)28(24)32-27(30)21-19-23(4)5/h14,16-17,22-23H,6-13,15,18-21H2,1-5H3. The van der Waals surface area contributed by atoms with E-state index in [4.69, 9.17) is 9.47 Å². The monoisotopic (exact) mass is 446 g/mol. The van der Waals surface area contributed by atoms with Gasteiger partial charge < -0.3 is 9.47 Å². The van der Waals surface area contributed by atoms with Crippen LogP contribution in [0.3, 0.4) is 0 Å². The van der Waals surface area contributed by atoms with Crippen molar-refractivity contribution in [2.24, 2.45) is 11.8 Å². The zero-order valence-corrected chi connectivity index (χ0v) is 21.2. The molecular weight excluding hydrogens is 400 g/mol. The normalized spacial score (nSPS) is 11.2. The minimum absolute atomic E-state index is 0.262. The van der Waals surface area contributed by atoms with Crippen molar-refractivity contribution in [3.05, 3.63) is 23.8 Å². The summed E-state index contributed by atoms with van der Waals surface area (Å²) in [6.45, 7) is 10.6. The molecule has 0 radical (unpaired) electrons. The van der Waals surface area contributed by atoms with E-state index in [-0.39, 0.29) is 11.9 Å². The minimum Gasteiger partial charge on any atom is -0.423 e. The van der Waals surface area contributed by atoms with Crippen LogP contribution in [0.5, 0.6) is 11.5 Å². The van der Waals surface area contributed by atoms with Gasteiger partial charge in [-0.25, -0.2) is 0 Å². The second-order valence-corrected chi connectivity index (χ2v) is 9.78. The van der Waals surface area contributed by atoms with Gasteiger partial charge >= 0.3 is 11.9 Å². The summed E-state index contributed by atoms with van der Waals surface area (Å²) in [4.78, 5) is 24.8. The molecule has 0 amide bonds. The van der Waals surface area contributed by atoms with E-state index in [9.17, 15) is 9.59 Å². The molecular formula is C28H46O4. The molecule has 0 saturated heterocycles. The lowest BCUT2D eigenvalue weighted by atomic mass is 10.0. The van der Waals surface area contributed by atoms with Crippen molar-refractivity contribution in [2.75, 3.05) is 0 Å². The van der Waals surface area contributed by atoms with Gasteiger partial charge in [0.1, 0.15) is 0 Å². The molecule has 0 fully saturated rings. The molecule has 0 aliphatic carbocycles. The maximum atomic E-state index is 12.5. The van der Waals surface area contributed by atoms with Crippen LogP contribution in [-0.2, 0) is 16.0 Å². The largest absolute Gasteiger partial charge is 0.423 e.